The fraction of sp³-hybridized carbons (Fsp3) is 0.333. The average molecular weight is 353 g/mol. The molecule has 0 saturated carbocycles. The normalized spacial score (nSPS) is 10.8. The quantitative estimate of drug-likeness (QED) is 0.596. The molecule has 0 aliphatic rings. The van der Waals surface area contributed by atoms with Crippen LogP contribution in [0.1, 0.15) is 35.6 Å². The minimum Gasteiger partial charge on any atom is -0.295 e. The number of nitrogens with zero attached hydrogens (tertiary/aromatic N) is 2. The SMILES string of the molecule is CCc1nn(C)c(CSc2cccc(C(C)=O)c2)c1Br. The number of ketones is 1. The molecule has 0 fully saturated rings. The second-order valence-electron chi connectivity index (χ2n) is 4.56. The van der Waals surface area contributed by atoms with Gasteiger partial charge in [-0.1, -0.05) is 19.1 Å². The van der Waals surface area contributed by atoms with E-state index in [0.29, 0.717) is 0 Å². The third-order valence-electron chi connectivity index (χ3n) is 3.12. The molecule has 0 aliphatic carbocycles. The van der Waals surface area contributed by atoms with E-state index in [4.69, 9.17) is 0 Å². The Hall–Kier alpha value is -1.07. The summed E-state index contributed by atoms with van der Waals surface area (Å²) in [6.45, 7) is 3.69. The number of rotatable bonds is 5. The summed E-state index contributed by atoms with van der Waals surface area (Å²) in [6, 6.07) is 7.75. The summed E-state index contributed by atoms with van der Waals surface area (Å²) in [4.78, 5) is 12.5. The molecule has 0 amide bonds. The summed E-state index contributed by atoms with van der Waals surface area (Å²) in [5, 5.41) is 4.49. The van der Waals surface area contributed by atoms with Gasteiger partial charge in [0.1, 0.15) is 0 Å². The van der Waals surface area contributed by atoms with Crippen LogP contribution in [0.15, 0.2) is 33.6 Å². The highest BCUT2D eigenvalue weighted by molar-refractivity contribution is 9.10. The Morgan fingerprint density at radius 2 is 2.20 bits per heavy atom. The van der Waals surface area contributed by atoms with Crippen LogP contribution in [0.5, 0.6) is 0 Å². The molecule has 1 heterocycles. The van der Waals surface area contributed by atoms with Crippen molar-refractivity contribution >= 4 is 33.5 Å². The molecule has 0 unspecified atom stereocenters. The zero-order valence-electron chi connectivity index (χ0n) is 11.8. The standard InChI is InChI=1S/C15H17BrN2OS/c1-4-13-15(16)14(18(3)17-13)9-20-12-7-5-6-11(8-12)10(2)19/h5-8H,4,9H2,1-3H3. The van der Waals surface area contributed by atoms with Crippen molar-refractivity contribution in [3.05, 3.63) is 45.7 Å². The van der Waals surface area contributed by atoms with Crippen molar-refractivity contribution in [3.63, 3.8) is 0 Å². The van der Waals surface area contributed by atoms with E-state index < -0.39 is 0 Å². The summed E-state index contributed by atoms with van der Waals surface area (Å²) in [5.74, 6) is 0.924. The van der Waals surface area contributed by atoms with Gasteiger partial charge >= 0.3 is 0 Å². The van der Waals surface area contributed by atoms with Gasteiger partial charge in [-0.3, -0.25) is 9.48 Å². The molecule has 2 rings (SSSR count). The highest BCUT2D eigenvalue weighted by Crippen LogP contribution is 2.29. The van der Waals surface area contributed by atoms with Crippen molar-refractivity contribution in [2.75, 3.05) is 0 Å². The third kappa shape index (κ3) is 3.33. The Morgan fingerprint density at radius 3 is 2.80 bits per heavy atom. The van der Waals surface area contributed by atoms with Crippen LogP contribution in [0.3, 0.4) is 0 Å². The van der Waals surface area contributed by atoms with E-state index in [1.165, 1.54) is 5.69 Å². The summed E-state index contributed by atoms with van der Waals surface area (Å²) < 4.78 is 3.02. The Labute approximate surface area is 131 Å². The molecule has 0 aliphatic heterocycles. The molecule has 0 saturated heterocycles. The maximum absolute atomic E-state index is 11.4. The van der Waals surface area contributed by atoms with E-state index in [0.717, 1.165) is 32.8 Å². The van der Waals surface area contributed by atoms with E-state index in [-0.39, 0.29) is 5.78 Å². The lowest BCUT2D eigenvalue weighted by molar-refractivity contribution is 0.101. The lowest BCUT2D eigenvalue weighted by Crippen LogP contribution is -1.97. The van der Waals surface area contributed by atoms with Crippen LogP contribution in [0.4, 0.5) is 0 Å². The molecule has 0 spiro atoms. The minimum absolute atomic E-state index is 0.0995. The number of thioether (sulfide) groups is 1. The molecule has 0 atom stereocenters. The van der Waals surface area contributed by atoms with Gasteiger partial charge in [-0.05, 0) is 41.4 Å². The van der Waals surface area contributed by atoms with Crippen LogP contribution in [-0.2, 0) is 19.2 Å². The van der Waals surface area contributed by atoms with Crippen LogP contribution in [0.2, 0.25) is 0 Å². The smallest absolute Gasteiger partial charge is 0.159 e. The first kappa shape index (κ1) is 15.3. The fourth-order valence-corrected chi connectivity index (χ4v) is 3.89. The highest BCUT2D eigenvalue weighted by atomic mass is 79.9. The minimum atomic E-state index is 0.0995. The zero-order valence-corrected chi connectivity index (χ0v) is 14.2. The van der Waals surface area contributed by atoms with E-state index >= 15 is 0 Å². The van der Waals surface area contributed by atoms with Crippen molar-refractivity contribution < 1.29 is 4.79 Å². The van der Waals surface area contributed by atoms with Gasteiger partial charge in [-0.25, -0.2) is 0 Å². The number of carbonyl (C=O) groups excluding carboxylic acids is 1. The number of halogens is 1. The molecule has 3 nitrogen and oxygen atoms in total. The second-order valence-corrected chi connectivity index (χ2v) is 6.40. The van der Waals surface area contributed by atoms with Crippen LogP contribution >= 0.6 is 27.7 Å². The van der Waals surface area contributed by atoms with E-state index in [1.54, 1.807) is 18.7 Å². The maximum atomic E-state index is 11.4. The molecule has 2 aromatic rings. The van der Waals surface area contributed by atoms with Gasteiger partial charge in [0.05, 0.1) is 15.9 Å². The number of carbonyl (C=O) groups is 1. The number of hydrogen-bond donors (Lipinski definition) is 0. The number of aryl methyl sites for hydroxylation is 2. The summed E-state index contributed by atoms with van der Waals surface area (Å²) >= 11 is 5.34. The summed E-state index contributed by atoms with van der Waals surface area (Å²) in [7, 11) is 1.96. The first-order valence-electron chi connectivity index (χ1n) is 6.47. The third-order valence-corrected chi connectivity index (χ3v) is 5.04. The molecule has 5 heteroatoms. The van der Waals surface area contributed by atoms with Crippen LogP contribution < -0.4 is 0 Å². The Bertz CT molecular complexity index is 637. The molecule has 1 aromatic heterocycles. The van der Waals surface area contributed by atoms with E-state index in [9.17, 15) is 4.79 Å². The summed E-state index contributed by atoms with van der Waals surface area (Å²) in [5.41, 5.74) is 3.01. The van der Waals surface area contributed by atoms with Gasteiger partial charge in [-0.2, -0.15) is 5.10 Å². The molecule has 0 N–H and O–H groups in total. The van der Waals surface area contributed by atoms with Gasteiger partial charge in [0.25, 0.3) is 0 Å². The number of hydrogen-bond acceptors (Lipinski definition) is 3. The summed E-state index contributed by atoms with van der Waals surface area (Å²) in [6.07, 6.45) is 0.916. The van der Waals surface area contributed by atoms with Crippen LogP contribution in [-0.4, -0.2) is 15.6 Å². The van der Waals surface area contributed by atoms with Gasteiger partial charge in [0.15, 0.2) is 5.78 Å². The largest absolute Gasteiger partial charge is 0.295 e. The number of benzene rings is 1. The van der Waals surface area contributed by atoms with Crippen molar-refractivity contribution in [3.8, 4) is 0 Å². The van der Waals surface area contributed by atoms with Gasteiger partial charge in [0.2, 0.25) is 0 Å². The van der Waals surface area contributed by atoms with Gasteiger partial charge in [0, 0.05) is 23.3 Å². The maximum Gasteiger partial charge on any atom is 0.159 e. The van der Waals surface area contributed by atoms with Crippen LogP contribution in [0, 0.1) is 0 Å². The monoisotopic (exact) mass is 352 g/mol. The van der Waals surface area contributed by atoms with E-state index in [2.05, 4.69) is 28.0 Å². The van der Waals surface area contributed by atoms with Gasteiger partial charge < -0.3 is 0 Å². The average Bonchev–Trinajstić information content (AvgIpc) is 2.71. The molecule has 20 heavy (non-hydrogen) atoms. The second kappa shape index (κ2) is 6.59. The molecule has 0 radical (unpaired) electrons. The first-order chi connectivity index (χ1) is 9.52. The molecular formula is C15H17BrN2OS. The lowest BCUT2D eigenvalue weighted by atomic mass is 10.2. The Balaban J connectivity index is 2.15. The topological polar surface area (TPSA) is 34.9 Å². The molecule has 0 bridgehead atoms. The molecule has 1 aromatic carbocycles. The first-order valence-corrected chi connectivity index (χ1v) is 8.24. The van der Waals surface area contributed by atoms with E-state index in [1.807, 2.05) is 36.0 Å². The fourth-order valence-electron chi connectivity index (χ4n) is 1.93. The predicted molar refractivity (Wildman–Crippen MR) is 86.3 cm³/mol. The zero-order chi connectivity index (χ0) is 14.7. The molecule has 106 valence electrons. The number of Topliss-reactive ketones (excluding diaryl/α,β-unsaturated/α-hetero) is 1. The predicted octanol–water partition coefficient (Wildman–Crippen LogP) is 4.24. The van der Waals surface area contributed by atoms with Crippen molar-refractivity contribution in [2.45, 2.75) is 30.9 Å². The van der Waals surface area contributed by atoms with Gasteiger partial charge in [-0.15, -0.1) is 11.8 Å². The van der Waals surface area contributed by atoms with Crippen molar-refractivity contribution in [1.82, 2.24) is 9.78 Å². The van der Waals surface area contributed by atoms with Crippen molar-refractivity contribution in [2.24, 2.45) is 7.05 Å². The van der Waals surface area contributed by atoms with Crippen LogP contribution in [0.25, 0.3) is 0 Å². The molecular weight excluding hydrogens is 336 g/mol. The Morgan fingerprint density at radius 1 is 1.45 bits per heavy atom. The lowest BCUT2D eigenvalue weighted by Gasteiger charge is -2.05. The number of aromatic nitrogens is 2. The highest BCUT2D eigenvalue weighted by Gasteiger charge is 2.12. The van der Waals surface area contributed by atoms with Crippen molar-refractivity contribution in [1.29, 1.82) is 0 Å². The Kier molecular flexibility index (Phi) is 5.05.